The van der Waals surface area contributed by atoms with E-state index in [9.17, 15) is 4.79 Å². The van der Waals surface area contributed by atoms with Crippen molar-refractivity contribution in [1.82, 2.24) is 9.80 Å². The highest BCUT2D eigenvalue weighted by Gasteiger charge is 2.30. The van der Waals surface area contributed by atoms with Gasteiger partial charge in [0.05, 0.1) is 6.17 Å². The van der Waals surface area contributed by atoms with Crippen molar-refractivity contribution in [3.05, 3.63) is 0 Å². The normalized spacial score (nSPS) is 27.3. The maximum Gasteiger partial charge on any atom is 0.317 e. The Morgan fingerprint density at radius 3 is 2.25 bits per heavy atom. The Bertz CT molecular complexity index is 232. The molecule has 1 unspecified atom stereocenters. The van der Waals surface area contributed by atoms with Crippen LogP contribution in [0.25, 0.3) is 0 Å². The molecule has 0 bridgehead atoms. The smallest absolute Gasteiger partial charge is 0.313 e. The summed E-state index contributed by atoms with van der Waals surface area (Å²) in [6, 6.07) is 0. The van der Waals surface area contributed by atoms with Crippen LogP contribution in [-0.4, -0.2) is 41.0 Å². The lowest BCUT2D eigenvalue weighted by Crippen LogP contribution is -2.53. The maximum atomic E-state index is 11.3. The van der Waals surface area contributed by atoms with Crippen LogP contribution in [0, 0.1) is 0 Å². The van der Waals surface area contributed by atoms with Crippen LogP contribution in [0.4, 0.5) is 4.79 Å². The number of halogens is 2. The Hall–Kier alpha value is 0.01000. The highest BCUT2D eigenvalue weighted by molar-refractivity contribution is 6.62. The van der Waals surface area contributed by atoms with Gasteiger partial charge in [-0.25, -0.2) is 0 Å². The topological polar surface area (TPSA) is 23.6 Å². The van der Waals surface area contributed by atoms with Crippen LogP contribution in [0.2, 0.25) is 0 Å². The van der Waals surface area contributed by atoms with Gasteiger partial charge in [0.2, 0.25) is 0 Å². The Morgan fingerprint density at radius 2 is 1.62 bits per heavy atom. The molecule has 0 saturated carbocycles. The average molecular weight is 267 g/mol. The minimum Gasteiger partial charge on any atom is -0.313 e. The van der Waals surface area contributed by atoms with Crippen LogP contribution >= 0.6 is 24.0 Å². The van der Waals surface area contributed by atoms with Crippen molar-refractivity contribution in [2.75, 3.05) is 19.6 Å². The van der Waals surface area contributed by atoms with Gasteiger partial charge >= 0.3 is 5.37 Å². The molecule has 0 N–H and O–H groups in total. The number of hydrogen-bond donors (Lipinski definition) is 0. The Kier molecular flexibility index (Phi) is 5.87. The van der Waals surface area contributed by atoms with Gasteiger partial charge in [-0.2, -0.15) is 0 Å². The van der Waals surface area contributed by atoms with Gasteiger partial charge in [0, 0.05) is 19.6 Å². The molecule has 2 rings (SSSR count). The summed E-state index contributed by atoms with van der Waals surface area (Å²) in [6.45, 7) is 3.10. The number of carbonyl (C=O) groups excluding carboxylic acids is 1. The average Bonchev–Trinajstić information content (AvgIpc) is 2.30. The van der Waals surface area contributed by atoms with Crippen molar-refractivity contribution in [2.45, 2.75) is 44.7 Å². The number of nitrogens with zero attached hydrogens (tertiary/aromatic N) is 2. The van der Waals surface area contributed by atoms with Crippen molar-refractivity contribution >= 4 is 29.4 Å². The first-order chi connectivity index (χ1) is 7.29. The summed E-state index contributed by atoms with van der Waals surface area (Å²) < 4.78 is 0. The lowest BCUT2D eigenvalue weighted by atomic mass is 10.0. The van der Waals surface area contributed by atoms with E-state index >= 15 is 0 Å². The Morgan fingerprint density at radius 1 is 1.00 bits per heavy atom. The summed E-state index contributed by atoms with van der Waals surface area (Å²) in [4.78, 5) is 15.6. The summed E-state index contributed by atoms with van der Waals surface area (Å²) in [5.41, 5.74) is 0. The van der Waals surface area contributed by atoms with Crippen molar-refractivity contribution < 1.29 is 4.79 Å². The van der Waals surface area contributed by atoms with Gasteiger partial charge in [-0.3, -0.25) is 9.69 Å². The monoisotopic (exact) mass is 266 g/mol. The summed E-state index contributed by atoms with van der Waals surface area (Å²) in [7, 11) is 0. The van der Waals surface area contributed by atoms with E-state index in [4.69, 9.17) is 11.6 Å². The molecule has 0 aromatic heterocycles. The van der Waals surface area contributed by atoms with Gasteiger partial charge in [0.25, 0.3) is 0 Å². The SMILES string of the molecule is Cl.O=C(Cl)N1CCCCC1N1CCCCC1. The third kappa shape index (κ3) is 3.25. The highest BCUT2D eigenvalue weighted by atomic mass is 35.5. The minimum absolute atomic E-state index is 0. The molecule has 94 valence electrons. The quantitative estimate of drug-likeness (QED) is 0.538. The predicted molar refractivity (Wildman–Crippen MR) is 68.3 cm³/mol. The van der Waals surface area contributed by atoms with Crippen LogP contribution in [-0.2, 0) is 0 Å². The lowest BCUT2D eigenvalue weighted by Gasteiger charge is -2.43. The fourth-order valence-corrected chi connectivity index (χ4v) is 2.91. The van der Waals surface area contributed by atoms with Gasteiger partial charge < -0.3 is 4.90 Å². The van der Waals surface area contributed by atoms with E-state index < -0.39 is 0 Å². The van der Waals surface area contributed by atoms with Crippen LogP contribution in [0.15, 0.2) is 0 Å². The predicted octanol–water partition coefficient (Wildman–Crippen LogP) is 3.06. The molecule has 2 saturated heterocycles. The summed E-state index contributed by atoms with van der Waals surface area (Å²) in [5, 5.41) is -0.273. The highest BCUT2D eigenvalue weighted by Crippen LogP contribution is 2.24. The summed E-state index contributed by atoms with van der Waals surface area (Å²) in [5.74, 6) is 0. The van der Waals surface area contributed by atoms with E-state index in [0.717, 1.165) is 32.5 Å². The largest absolute Gasteiger partial charge is 0.317 e. The second-order valence-corrected chi connectivity index (χ2v) is 4.84. The molecule has 5 heteroatoms. The first kappa shape index (κ1) is 14.1. The molecule has 0 aliphatic carbocycles. The van der Waals surface area contributed by atoms with Gasteiger partial charge in [-0.05, 0) is 43.7 Å². The molecule has 0 aromatic rings. The van der Waals surface area contributed by atoms with Crippen LogP contribution < -0.4 is 0 Å². The van der Waals surface area contributed by atoms with E-state index in [-0.39, 0.29) is 23.9 Å². The van der Waals surface area contributed by atoms with Crippen LogP contribution in [0.5, 0.6) is 0 Å². The van der Waals surface area contributed by atoms with E-state index in [1.807, 2.05) is 4.90 Å². The zero-order valence-corrected chi connectivity index (χ0v) is 11.1. The van der Waals surface area contributed by atoms with Crippen molar-refractivity contribution in [3.8, 4) is 0 Å². The molecule has 0 radical (unpaired) electrons. The second-order valence-electron chi connectivity index (χ2n) is 4.52. The fourth-order valence-electron chi connectivity index (χ4n) is 2.72. The second kappa shape index (κ2) is 6.67. The number of carbonyl (C=O) groups is 1. The summed E-state index contributed by atoms with van der Waals surface area (Å²) in [6.07, 6.45) is 7.56. The van der Waals surface area contributed by atoms with Gasteiger partial charge in [0.15, 0.2) is 0 Å². The molecule has 2 aliphatic heterocycles. The molecular formula is C11H20Cl2N2O. The minimum atomic E-state index is -0.273. The molecule has 1 amide bonds. The first-order valence-corrected chi connectivity index (χ1v) is 6.37. The molecule has 2 aliphatic rings. The van der Waals surface area contributed by atoms with Crippen LogP contribution in [0.3, 0.4) is 0 Å². The standard InChI is InChI=1S/C11H19ClN2O.ClH/c12-11(15)14-9-5-2-6-10(14)13-7-3-1-4-8-13;/h10H,1-9H2;1H. The van der Waals surface area contributed by atoms with E-state index in [1.165, 1.54) is 25.7 Å². The van der Waals surface area contributed by atoms with Crippen LogP contribution in [0.1, 0.15) is 38.5 Å². The third-order valence-electron chi connectivity index (χ3n) is 3.51. The van der Waals surface area contributed by atoms with E-state index in [0.29, 0.717) is 0 Å². The fraction of sp³-hybridized carbons (Fsp3) is 0.909. The molecular weight excluding hydrogens is 247 g/mol. The van der Waals surface area contributed by atoms with Gasteiger partial charge in [-0.15, -0.1) is 12.4 Å². The van der Waals surface area contributed by atoms with Gasteiger partial charge in [0.1, 0.15) is 0 Å². The zero-order chi connectivity index (χ0) is 10.7. The maximum absolute atomic E-state index is 11.3. The zero-order valence-electron chi connectivity index (χ0n) is 9.53. The number of likely N-dealkylation sites (tertiary alicyclic amines) is 2. The van der Waals surface area contributed by atoms with Crippen molar-refractivity contribution in [3.63, 3.8) is 0 Å². The molecule has 2 heterocycles. The molecule has 16 heavy (non-hydrogen) atoms. The van der Waals surface area contributed by atoms with Crippen molar-refractivity contribution in [1.29, 1.82) is 0 Å². The Balaban J connectivity index is 0.00000128. The third-order valence-corrected chi connectivity index (χ3v) is 3.73. The lowest BCUT2D eigenvalue weighted by molar-refractivity contribution is 0.0344. The molecule has 3 nitrogen and oxygen atoms in total. The number of hydrogen-bond acceptors (Lipinski definition) is 2. The number of rotatable bonds is 1. The van der Waals surface area contributed by atoms with E-state index in [2.05, 4.69) is 4.90 Å². The molecule has 0 spiro atoms. The van der Waals surface area contributed by atoms with Gasteiger partial charge in [-0.1, -0.05) is 6.42 Å². The first-order valence-electron chi connectivity index (χ1n) is 5.99. The molecule has 0 aromatic carbocycles. The van der Waals surface area contributed by atoms with E-state index in [1.54, 1.807) is 0 Å². The number of amides is 1. The molecule has 1 atom stereocenters. The Labute approximate surface area is 109 Å². The summed E-state index contributed by atoms with van der Waals surface area (Å²) >= 11 is 5.63. The molecule has 2 fully saturated rings. The number of piperidine rings is 2. The van der Waals surface area contributed by atoms with Crippen molar-refractivity contribution in [2.24, 2.45) is 0 Å².